The summed E-state index contributed by atoms with van der Waals surface area (Å²) in [7, 11) is 1.72. The van der Waals surface area contributed by atoms with Crippen LogP contribution in [0.5, 0.6) is 5.75 Å². The summed E-state index contributed by atoms with van der Waals surface area (Å²) in [5, 5.41) is 3.69. The minimum absolute atomic E-state index is 0.305. The van der Waals surface area contributed by atoms with E-state index in [0.29, 0.717) is 6.04 Å². The van der Waals surface area contributed by atoms with E-state index in [9.17, 15) is 0 Å². The van der Waals surface area contributed by atoms with E-state index in [0.717, 1.165) is 23.2 Å². The van der Waals surface area contributed by atoms with Crippen LogP contribution < -0.4 is 10.1 Å². The Kier molecular flexibility index (Phi) is 6.11. The molecule has 0 fully saturated rings. The molecule has 0 saturated heterocycles. The van der Waals surface area contributed by atoms with Crippen LogP contribution in [0.1, 0.15) is 50.6 Å². The van der Waals surface area contributed by atoms with E-state index < -0.39 is 0 Å². The van der Waals surface area contributed by atoms with E-state index in [1.54, 1.807) is 7.11 Å². The zero-order chi connectivity index (χ0) is 14.4. The van der Waals surface area contributed by atoms with Gasteiger partial charge in [0.15, 0.2) is 0 Å². The van der Waals surface area contributed by atoms with Crippen LogP contribution in [0.2, 0.25) is 0 Å². The van der Waals surface area contributed by atoms with Crippen molar-refractivity contribution in [3.05, 3.63) is 39.9 Å². The summed E-state index contributed by atoms with van der Waals surface area (Å²) in [4.78, 5) is 0. The third kappa shape index (κ3) is 3.86. The van der Waals surface area contributed by atoms with E-state index in [-0.39, 0.29) is 0 Å². The molecule has 2 rings (SSSR count). The van der Waals surface area contributed by atoms with Gasteiger partial charge < -0.3 is 10.1 Å². The fourth-order valence-corrected chi connectivity index (χ4v) is 3.20. The van der Waals surface area contributed by atoms with Gasteiger partial charge in [0, 0.05) is 4.47 Å². The summed E-state index contributed by atoms with van der Waals surface area (Å²) in [6.07, 6.45) is 8.60. The lowest BCUT2D eigenvalue weighted by atomic mass is 9.89. The molecule has 20 heavy (non-hydrogen) atoms. The van der Waals surface area contributed by atoms with Crippen molar-refractivity contribution in [2.45, 2.75) is 45.1 Å². The molecule has 1 aromatic carbocycles. The molecule has 0 spiro atoms. The summed E-state index contributed by atoms with van der Waals surface area (Å²) in [5.74, 6) is 0.919. The molecular weight excluding hydrogens is 314 g/mol. The van der Waals surface area contributed by atoms with Crippen molar-refractivity contribution in [3.8, 4) is 5.75 Å². The second kappa shape index (κ2) is 7.84. The van der Waals surface area contributed by atoms with Gasteiger partial charge >= 0.3 is 0 Å². The van der Waals surface area contributed by atoms with Gasteiger partial charge in [-0.1, -0.05) is 34.5 Å². The Labute approximate surface area is 130 Å². The van der Waals surface area contributed by atoms with Crippen molar-refractivity contribution in [1.82, 2.24) is 5.32 Å². The van der Waals surface area contributed by atoms with Gasteiger partial charge in [0.2, 0.25) is 0 Å². The normalized spacial score (nSPS) is 16.6. The van der Waals surface area contributed by atoms with Crippen molar-refractivity contribution in [2.75, 3.05) is 13.7 Å². The van der Waals surface area contributed by atoms with Crippen LogP contribution in [0, 0.1) is 0 Å². The van der Waals surface area contributed by atoms with Crippen molar-refractivity contribution in [2.24, 2.45) is 0 Å². The first kappa shape index (κ1) is 15.6. The summed E-state index contributed by atoms with van der Waals surface area (Å²) >= 11 is 3.70. The quantitative estimate of drug-likeness (QED) is 0.737. The van der Waals surface area contributed by atoms with Gasteiger partial charge in [-0.3, -0.25) is 0 Å². The molecule has 0 amide bonds. The topological polar surface area (TPSA) is 21.3 Å². The zero-order valence-electron chi connectivity index (χ0n) is 12.4. The predicted octanol–water partition coefficient (Wildman–Crippen LogP) is 5.00. The highest BCUT2D eigenvalue weighted by Gasteiger charge is 2.20. The molecule has 1 atom stereocenters. The highest BCUT2D eigenvalue weighted by atomic mass is 79.9. The van der Waals surface area contributed by atoms with Crippen LogP contribution in [0.3, 0.4) is 0 Å². The van der Waals surface area contributed by atoms with Crippen LogP contribution >= 0.6 is 15.9 Å². The number of halogens is 1. The molecule has 2 nitrogen and oxygen atoms in total. The molecule has 0 aliphatic heterocycles. The van der Waals surface area contributed by atoms with Gasteiger partial charge in [0.05, 0.1) is 13.2 Å². The SMILES string of the molecule is CCCNC(C1=CCCCC1)c1cc(OC)ccc1Br. The Balaban J connectivity index is 2.32. The summed E-state index contributed by atoms with van der Waals surface area (Å²) in [6, 6.07) is 6.53. The Bertz CT molecular complexity index is 470. The molecule has 1 aromatic rings. The number of methoxy groups -OCH3 is 1. The minimum atomic E-state index is 0.305. The lowest BCUT2D eigenvalue weighted by Crippen LogP contribution is -2.25. The third-order valence-electron chi connectivity index (χ3n) is 3.81. The standard InChI is InChI=1S/C17H24BrNO/c1-3-11-19-17(13-7-5-4-6-8-13)15-12-14(20-2)9-10-16(15)18/h7,9-10,12,17,19H,3-6,8,11H2,1-2H3. The van der Waals surface area contributed by atoms with E-state index in [2.05, 4.69) is 46.4 Å². The minimum Gasteiger partial charge on any atom is -0.497 e. The molecule has 1 unspecified atom stereocenters. The van der Waals surface area contributed by atoms with Crippen LogP contribution in [0.25, 0.3) is 0 Å². The Morgan fingerprint density at radius 3 is 2.85 bits per heavy atom. The first-order valence-corrected chi connectivity index (χ1v) is 8.31. The maximum atomic E-state index is 5.38. The third-order valence-corrected chi connectivity index (χ3v) is 4.53. The number of ether oxygens (including phenoxy) is 1. The van der Waals surface area contributed by atoms with Crippen molar-refractivity contribution >= 4 is 15.9 Å². The molecule has 0 aromatic heterocycles. The number of benzene rings is 1. The van der Waals surface area contributed by atoms with Gasteiger partial charge in [-0.2, -0.15) is 0 Å². The van der Waals surface area contributed by atoms with Crippen molar-refractivity contribution in [1.29, 1.82) is 0 Å². The maximum Gasteiger partial charge on any atom is 0.119 e. The van der Waals surface area contributed by atoms with E-state index in [1.165, 1.54) is 36.8 Å². The molecule has 0 radical (unpaired) electrons. The van der Waals surface area contributed by atoms with Gasteiger partial charge in [-0.05, 0) is 62.4 Å². The molecule has 1 N–H and O–H groups in total. The van der Waals surface area contributed by atoms with Gasteiger partial charge in [-0.15, -0.1) is 0 Å². The average molecular weight is 338 g/mol. The maximum absolute atomic E-state index is 5.38. The van der Waals surface area contributed by atoms with Crippen LogP contribution in [-0.2, 0) is 0 Å². The Morgan fingerprint density at radius 1 is 1.35 bits per heavy atom. The van der Waals surface area contributed by atoms with Crippen LogP contribution in [0.4, 0.5) is 0 Å². The van der Waals surface area contributed by atoms with Crippen molar-refractivity contribution in [3.63, 3.8) is 0 Å². The van der Waals surface area contributed by atoms with Crippen LogP contribution in [-0.4, -0.2) is 13.7 Å². The first-order valence-electron chi connectivity index (χ1n) is 7.52. The average Bonchev–Trinajstić information content (AvgIpc) is 2.50. The molecule has 1 aliphatic rings. The lowest BCUT2D eigenvalue weighted by molar-refractivity contribution is 0.413. The van der Waals surface area contributed by atoms with Crippen molar-refractivity contribution < 1.29 is 4.74 Å². The lowest BCUT2D eigenvalue weighted by Gasteiger charge is -2.26. The smallest absolute Gasteiger partial charge is 0.119 e. The van der Waals surface area contributed by atoms with E-state index >= 15 is 0 Å². The highest BCUT2D eigenvalue weighted by molar-refractivity contribution is 9.10. The number of hydrogen-bond acceptors (Lipinski definition) is 2. The van der Waals surface area contributed by atoms with Gasteiger partial charge in [-0.25, -0.2) is 0 Å². The fraction of sp³-hybridized carbons (Fsp3) is 0.529. The highest BCUT2D eigenvalue weighted by Crippen LogP contribution is 2.35. The molecule has 0 saturated carbocycles. The van der Waals surface area contributed by atoms with Gasteiger partial charge in [0.1, 0.15) is 5.75 Å². The zero-order valence-corrected chi connectivity index (χ0v) is 14.0. The number of allylic oxidation sites excluding steroid dienone is 1. The molecular formula is C17H24BrNO. The molecule has 0 bridgehead atoms. The number of hydrogen-bond donors (Lipinski definition) is 1. The molecule has 110 valence electrons. The molecule has 3 heteroatoms. The molecule has 0 heterocycles. The monoisotopic (exact) mass is 337 g/mol. The van der Waals surface area contributed by atoms with Crippen LogP contribution in [0.15, 0.2) is 34.3 Å². The number of nitrogens with one attached hydrogen (secondary N) is 1. The summed E-state index contributed by atoms with van der Waals surface area (Å²) in [6.45, 7) is 3.24. The largest absolute Gasteiger partial charge is 0.497 e. The second-order valence-electron chi connectivity index (χ2n) is 5.30. The first-order chi connectivity index (χ1) is 9.76. The summed E-state index contributed by atoms with van der Waals surface area (Å²) in [5.41, 5.74) is 2.81. The number of rotatable bonds is 6. The Morgan fingerprint density at radius 2 is 2.20 bits per heavy atom. The summed E-state index contributed by atoms with van der Waals surface area (Å²) < 4.78 is 6.54. The second-order valence-corrected chi connectivity index (χ2v) is 6.15. The molecule has 1 aliphatic carbocycles. The van der Waals surface area contributed by atoms with E-state index in [1.807, 2.05) is 6.07 Å². The fourth-order valence-electron chi connectivity index (χ4n) is 2.72. The van der Waals surface area contributed by atoms with Gasteiger partial charge in [0.25, 0.3) is 0 Å². The predicted molar refractivity (Wildman–Crippen MR) is 88.3 cm³/mol. The Hall–Kier alpha value is -0.800. The van der Waals surface area contributed by atoms with E-state index in [4.69, 9.17) is 4.74 Å².